The predicted molar refractivity (Wildman–Crippen MR) is 106 cm³/mol. The molecule has 1 aromatic heterocycles. The molecule has 7 nitrogen and oxygen atoms in total. The molecule has 1 heterocycles. The molecule has 8 heteroatoms. The Labute approximate surface area is 157 Å². The van der Waals surface area contributed by atoms with Gasteiger partial charge in [-0.2, -0.15) is 5.10 Å². The monoisotopic (exact) mass is 376 g/mol. The van der Waals surface area contributed by atoms with Crippen LogP contribution in [0.4, 0.5) is 10.8 Å². The lowest BCUT2D eigenvalue weighted by molar-refractivity contribution is 0.0531. The van der Waals surface area contributed by atoms with Crippen molar-refractivity contribution in [2.45, 2.75) is 27.7 Å². The molecule has 0 amide bonds. The highest BCUT2D eigenvalue weighted by Gasteiger charge is 2.16. The van der Waals surface area contributed by atoms with Crippen LogP contribution < -0.4 is 10.3 Å². The van der Waals surface area contributed by atoms with Gasteiger partial charge in [0.15, 0.2) is 0 Å². The van der Waals surface area contributed by atoms with Crippen molar-refractivity contribution in [3.63, 3.8) is 0 Å². The summed E-state index contributed by atoms with van der Waals surface area (Å²) in [5, 5.41) is 14.6. The largest absolute Gasteiger partial charge is 0.507 e. The molecule has 0 bridgehead atoms. The van der Waals surface area contributed by atoms with Gasteiger partial charge in [-0.05, 0) is 45.9 Å². The number of phenolic OH excluding ortho intramolecular Hbond substituents is 1. The van der Waals surface area contributed by atoms with Gasteiger partial charge in [0.1, 0.15) is 10.6 Å². The highest BCUT2D eigenvalue weighted by Crippen LogP contribution is 2.25. The van der Waals surface area contributed by atoms with E-state index in [1.807, 2.05) is 12.1 Å². The fourth-order valence-corrected chi connectivity index (χ4v) is 3.23. The minimum atomic E-state index is -0.385. The molecule has 140 valence electrons. The maximum Gasteiger partial charge on any atom is 0.350 e. The standard InChI is InChI=1S/C18H24N4O3S/c1-5-22(6-2)14-8-9-15(23)13(10-14)11-19-21-18-20-12(4)16(26-18)17(24)25-7-3/h8-11,23H,5-7H2,1-4H3,(H,20,21)/b19-11+. The zero-order valence-electron chi connectivity index (χ0n) is 15.4. The van der Waals surface area contributed by atoms with E-state index in [2.05, 4.69) is 34.3 Å². The van der Waals surface area contributed by atoms with Crippen molar-refractivity contribution in [2.24, 2.45) is 5.10 Å². The summed E-state index contributed by atoms with van der Waals surface area (Å²) in [5.74, 6) is -0.238. The fourth-order valence-electron chi connectivity index (χ4n) is 2.42. The van der Waals surface area contributed by atoms with Crippen LogP contribution in [0, 0.1) is 6.92 Å². The molecule has 0 atom stereocenters. The Morgan fingerprint density at radius 1 is 1.38 bits per heavy atom. The van der Waals surface area contributed by atoms with Crippen LogP contribution in [0.15, 0.2) is 23.3 Å². The van der Waals surface area contributed by atoms with Crippen molar-refractivity contribution >= 4 is 34.3 Å². The molecule has 0 saturated carbocycles. The average Bonchev–Trinajstić information content (AvgIpc) is 2.99. The Morgan fingerprint density at radius 3 is 2.77 bits per heavy atom. The number of phenols is 1. The van der Waals surface area contributed by atoms with Gasteiger partial charge in [-0.3, -0.25) is 5.43 Å². The van der Waals surface area contributed by atoms with Gasteiger partial charge in [0, 0.05) is 24.3 Å². The number of aromatic nitrogens is 1. The minimum absolute atomic E-state index is 0.147. The van der Waals surface area contributed by atoms with Gasteiger partial charge in [0.25, 0.3) is 0 Å². The number of rotatable bonds is 8. The van der Waals surface area contributed by atoms with E-state index in [1.165, 1.54) is 17.6 Å². The summed E-state index contributed by atoms with van der Waals surface area (Å²) < 4.78 is 5.00. The number of esters is 1. The van der Waals surface area contributed by atoms with Crippen molar-refractivity contribution in [3.05, 3.63) is 34.3 Å². The molecular formula is C18H24N4O3S. The number of thiazole rings is 1. The number of nitrogens with one attached hydrogen (secondary N) is 1. The SMILES string of the molecule is CCOC(=O)c1sc(N/N=C/c2cc(N(CC)CC)ccc2O)nc1C. The normalized spacial score (nSPS) is 10.9. The third kappa shape index (κ3) is 4.72. The van der Waals surface area contributed by atoms with E-state index < -0.39 is 0 Å². The molecule has 2 rings (SSSR count). The third-order valence-electron chi connectivity index (χ3n) is 3.76. The number of carbonyl (C=O) groups excluding carboxylic acids is 1. The Bertz CT molecular complexity index is 785. The maximum atomic E-state index is 11.8. The van der Waals surface area contributed by atoms with E-state index in [-0.39, 0.29) is 11.7 Å². The first-order valence-corrected chi connectivity index (χ1v) is 9.33. The van der Waals surface area contributed by atoms with Gasteiger partial charge < -0.3 is 14.7 Å². The summed E-state index contributed by atoms with van der Waals surface area (Å²) in [4.78, 5) is 18.7. The summed E-state index contributed by atoms with van der Waals surface area (Å²) in [5.41, 5.74) is 5.01. The van der Waals surface area contributed by atoms with Gasteiger partial charge in [-0.25, -0.2) is 9.78 Å². The van der Waals surface area contributed by atoms with E-state index in [4.69, 9.17) is 4.74 Å². The van der Waals surface area contributed by atoms with Gasteiger partial charge in [0.2, 0.25) is 5.13 Å². The van der Waals surface area contributed by atoms with Crippen molar-refractivity contribution < 1.29 is 14.6 Å². The highest BCUT2D eigenvalue weighted by atomic mass is 32.1. The van der Waals surface area contributed by atoms with Crippen LogP contribution >= 0.6 is 11.3 Å². The molecule has 0 aliphatic heterocycles. The quantitative estimate of drug-likeness (QED) is 0.416. The zero-order chi connectivity index (χ0) is 19.1. The van der Waals surface area contributed by atoms with Crippen LogP contribution in [0.1, 0.15) is 41.7 Å². The summed E-state index contributed by atoms with van der Waals surface area (Å²) in [7, 11) is 0. The summed E-state index contributed by atoms with van der Waals surface area (Å²) in [6.45, 7) is 9.75. The zero-order valence-corrected chi connectivity index (χ0v) is 16.3. The summed E-state index contributed by atoms with van der Waals surface area (Å²) in [6.07, 6.45) is 1.53. The second kappa shape index (κ2) is 9.19. The van der Waals surface area contributed by atoms with Gasteiger partial charge >= 0.3 is 5.97 Å². The maximum absolute atomic E-state index is 11.8. The molecular weight excluding hydrogens is 352 g/mol. The number of nitrogens with zero attached hydrogens (tertiary/aromatic N) is 3. The molecule has 0 aliphatic rings. The number of aryl methyl sites for hydroxylation is 1. The highest BCUT2D eigenvalue weighted by molar-refractivity contribution is 7.17. The van der Waals surface area contributed by atoms with Gasteiger partial charge in [0.05, 0.1) is 18.5 Å². The van der Waals surface area contributed by atoms with E-state index in [0.717, 1.165) is 18.8 Å². The number of carbonyl (C=O) groups is 1. The molecule has 1 aromatic carbocycles. The van der Waals surface area contributed by atoms with E-state index in [1.54, 1.807) is 19.9 Å². The second-order valence-electron chi connectivity index (χ2n) is 5.44. The Balaban J connectivity index is 2.12. The summed E-state index contributed by atoms with van der Waals surface area (Å²) in [6, 6.07) is 5.41. The number of hydrogen-bond donors (Lipinski definition) is 2. The fraction of sp³-hybridized carbons (Fsp3) is 0.389. The molecule has 2 aromatic rings. The molecule has 0 saturated heterocycles. The molecule has 0 aliphatic carbocycles. The second-order valence-corrected chi connectivity index (χ2v) is 6.44. The molecule has 26 heavy (non-hydrogen) atoms. The Morgan fingerprint density at radius 2 is 2.12 bits per heavy atom. The first-order chi connectivity index (χ1) is 12.5. The summed E-state index contributed by atoms with van der Waals surface area (Å²) >= 11 is 1.18. The van der Waals surface area contributed by atoms with E-state index in [9.17, 15) is 9.90 Å². The van der Waals surface area contributed by atoms with Crippen LogP contribution in [-0.2, 0) is 4.74 Å². The smallest absolute Gasteiger partial charge is 0.350 e. The van der Waals surface area contributed by atoms with Gasteiger partial charge in [-0.1, -0.05) is 11.3 Å². The minimum Gasteiger partial charge on any atom is -0.507 e. The topological polar surface area (TPSA) is 87.0 Å². The van der Waals surface area contributed by atoms with Crippen molar-refractivity contribution in [1.29, 1.82) is 0 Å². The van der Waals surface area contributed by atoms with Crippen molar-refractivity contribution in [1.82, 2.24) is 4.98 Å². The lowest BCUT2D eigenvalue weighted by Gasteiger charge is -2.21. The molecule has 0 fully saturated rings. The van der Waals surface area contributed by atoms with Crippen molar-refractivity contribution in [2.75, 3.05) is 30.0 Å². The number of ether oxygens (including phenoxy) is 1. The molecule has 2 N–H and O–H groups in total. The van der Waals surface area contributed by atoms with E-state index >= 15 is 0 Å². The Kier molecular flexibility index (Phi) is 6.97. The molecule has 0 radical (unpaired) electrons. The number of aromatic hydroxyl groups is 1. The van der Waals surface area contributed by atoms with Crippen LogP contribution in [-0.4, -0.2) is 42.0 Å². The lowest BCUT2D eigenvalue weighted by Crippen LogP contribution is -2.21. The van der Waals surface area contributed by atoms with Crippen LogP contribution in [0.2, 0.25) is 0 Å². The number of benzene rings is 1. The Hall–Kier alpha value is -2.61. The third-order valence-corrected chi connectivity index (χ3v) is 4.80. The predicted octanol–water partition coefficient (Wildman–Crippen LogP) is 3.63. The molecule has 0 spiro atoms. The average molecular weight is 376 g/mol. The lowest BCUT2D eigenvalue weighted by atomic mass is 10.2. The van der Waals surface area contributed by atoms with Gasteiger partial charge in [-0.15, -0.1) is 0 Å². The number of anilines is 2. The number of hydrogen-bond acceptors (Lipinski definition) is 8. The first kappa shape index (κ1) is 19.7. The first-order valence-electron chi connectivity index (χ1n) is 8.51. The number of hydrazone groups is 1. The van der Waals surface area contributed by atoms with Crippen LogP contribution in [0.5, 0.6) is 5.75 Å². The van der Waals surface area contributed by atoms with E-state index in [0.29, 0.717) is 27.9 Å². The van der Waals surface area contributed by atoms with Crippen LogP contribution in [0.25, 0.3) is 0 Å². The molecule has 0 unspecified atom stereocenters. The van der Waals surface area contributed by atoms with Crippen molar-refractivity contribution in [3.8, 4) is 5.75 Å². The van der Waals surface area contributed by atoms with Crippen LogP contribution in [0.3, 0.4) is 0 Å².